The Hall–Kier alpha value is -2.69. The van der Waals surface area contributed by atoms with E-state index >= 15 is 0 Å². The number of benzene rings is 1. The molecule has 0 amide bonds. The first-order chi connectivity index (χ1) is 12.2. The number of nitrogens with one attached hydrogen (secondary N) is 1. The third-order valence-corrected chi connectivity index (χ3v) is 4.29. The molecule has 1 heterocycles. The molecule has 0 atom stereocenters. The third-order valence-electron chi connectivity index (χ3n) is 4.29. The van der Waals surface area contributed by atoms with Crippen LogP contribution in [0, 0.1) is 6.92 Å². The summed E-state index contributed by atoms with van der Waals surface area (Å²) in [7, 11) is 0. The van der Waals surface area contributed by atoms with Gasteiger partial charge in [0.1, 0.15) is 11.9 Å². The van der Waals surface area contributed by atoms with Gasteiger partial charge in [0.2, 0.25) is 0 Å². The topological polar surface area (TPSA) is 64.1 Å². The Balaban J connectivity index is 1.79. The normalized spacial score (nSPS) is 15.6. The van der Waals surface area contributed by atoms with E-state index < -0.39 is 0 Å². The number of aromatic nitrogens is 2. The second kappa shape index (κ2) is 8.42. The molecule has 3 rings (SSSR count). The maximum atomic E-state index is 12.4. The summed E-state index contributed by atoms with van der Waals surface area (Å²) in [4.78, 5) is 20.6. The van der Waals surface area contributed by atoms with Gasteiger partial charge >= 0.3 is 5.97 Å². The highest BCUT2D eigenvalue weighted by atomic mass is 16.5. The van der Waals surface area contributed by atoms with Gasteiger partial charge in [-0.25, -0.2) is 9.78 Å². The Labute approximate surface area is 148 Å². The molecule has 1 saturated carbocycles. The summed E-state index contributed by atoms with van der Waals surface area (Å²) < 4.78 is 5.61. The van der Waals surface area contributed by atoms with Crippen LogP contribution >= 0.6 is 0 Å². The van der Waals surface area contributed by atoms with Crippen LogP contribution in [0.2, 0.25) is 0 Å². The fourth-order valence-corrected chi connectivity index (χ4v) is 2.93. The molecular weight excluding hydrogens is 314 g/mol. The van der Waals surface area contributed by atoms with Gasteiger partial charge in [0.15, 0.2) is 0 Å². The van der Waals surface area contributed by atoms with Gasteiger partial charge in [-0.1, -0.05) is 36.2 Å². The van der Waals surface area contributed by atoms with Gasteiger partial charge in [-0.05, 0) is 38.2 Å². The van der Waals surface area contributed by atoms with Crippen molar-refractivity contribution < 1.29 is 9.53 Å². The Morgan fingerprint density at radius 1 is 1.16 bits per heavy atom. The minimum Gasteiger partial charge on any atom is -0.459 e. The zero-order valence-electron chi connectivity index (χ0n) is 14.4. The summed E-state index contributed by atoms with van der Waals surface area (Å²) in [5, 5.41) is 3.17. The van der Waals surface area contributed by atoms with Crippen molar-refractivity contribution in [1.29, 1.82) is 0 Å². The van der Waals surface area contributed by atoms with Crippen LogP contribution in [-0.2, 0) is 9.53 Å². The molecule has 1 aromatic carbocycles. The molecule has 1 fully saturated rings. The summed E-state index contributed by atoms with van der Waals surface area (Å²) in [5.74, 6) is 0.263. The van der Waals surface area contributed by atoms with Crippen molar-refractivity contribution in [2.24, 2.45) is 0 Å². The quantitative estimate of drug-likeness (QED) is 0.657. The smallest absolute Gasteiger partial charge is 0.333 e. The van der Waals surface area contributed by atoms with E-state index in [4.69, 9.17) is 4.74 Å². The van der Waals surface area contributed by atoms with E-state index in [2.05, 4.69) is 15.3 Å². The van der Waals surface area contributed by atoms with Gasteiger partial charge in [0.25, 0.3) is 0 Å². The van der Waals surface area contributed by atoms with Gasteiger partial charge in [0, 0.05) is 18.5 Å². The van der Waals surface area contributed by atoms with Crippen LogP contribution < -0.4 is 5.32 Å². The zero-order chi connectivity index (χ0) is 17.5. The molecule has 1 aliphatic carbocycles. The largest absolute Gasteiger partial charge is 0.459 e. The molecule has 25 heavy (non-hydrogen) atoms. The number of ether oxygens (including phenoxy) is 1. The van der Waals surface area contributed by atoms with Crippen molar-refractivity contribution in [2.75, 3.05) is 5.32 Å². The van der Waals surface area contributed by atoms with E-state index in [1.54, 1.807) is 18.6 Å². The van der Waals surface area contributed by atoms with E-state index in [1.165, 1.54) is 12.5 Å². The lowest BCUT2D eigenvalue weighted by Gasteiger charge is -2.21. The van der Waals surface area contributed by atoms with Crippen molar-refractivity contribution in [3.8, 4) is 0 Å². The van der Waals surface area contributed by atoms with E-state index in [-0.39, 0.29) is 12.1 Å². The third kappa shape index (κ3) is 5.14. The maximum absolute atomic E-state index is 12.4. The van der Waals surface area contributed by atoms with Crippen molar-refractivity contribution in [2.45, 2.75) is 45.1 Å². The Kier molecular flexibility index (Phi) is 5.77. The number of carbonyl (C=O) groups is 1. The molecule has 5 nitrogen and oxygen atoms in total. The molecule has 130 valence electrons. The van der Waals surface area contributed by atoms with Gasteiger partial charge in [0.05, 0.1) is 11.9 Å². The molecule has 0 unspecified atom stereocenters. The molecule has 1 N–H and O–H groups in total. The lowest BCUT2D eigenvalue weighted by atomic mass is 9.98. The molecule has 1 aromatic heterocycles. The minimum absolute atomic E-state index is 0.0354. The van der Waals surface area contributed by atoms with Gasteiger partial charge < -0.3 is 10.1 Å². The SMILES string of the molecule is Cc1ccc(/C(=C/C(=O)OC2CCCCC2)Nc2cnccn2)cc1. The molecule has 0 radical (unpaired) electrons. The average molecular weight is 337 g/mol. The summed E-state index contributed by atoms with van der Waals surface area (Å²) in [6, 6.07) is 7.96. The first kappa shape index (κ1) is 17.1. The summed E-state index contributed by atoms with van der Waals surface area (Å²) >= 11 is 0. The zero-order valence-corrected chi connectivity index (χ0v) is 14.4. The summed E-state index contributed by atoms with van der Waals surface area (Å²) in [5.41, 5.74) is 2.71. The van der Waals surface area contributed by atoms with Crippen LogP contribution in [0.3, 0.4) is 0 Å². The van der Waals surface area contributed by atoms with Gasteiger partial charge in [-0.2, -0.15) is 0 Å². The van der Waals surface area contributed by atoms with Crippen molar-refractivity contribution in [3.63, 3.8) is 0 Å². The van der Waals surface area contributed by atoms with E-state index in [1.807, 2.05) is 31.2 Å². The number of anilines is 1. The number of aryl methyl sites for hydroxylation is 1. The fourth-order valence-electron chi connectivity index (χ4n) is 2.93. The maximum Gasteiger partial charge on any atom is 0.333 e. The predicted molar refractivity (Wildman–Crippen MR) is 97.8 cm³/mol. The molecule has 2 aromatic rings. The Morgan fingerprint density at radius 3 is 2.60 bits per heavy atom. The van der Waals surface area contributed by atoms with E-state index in [9.17, 15) is 4.79 Å². The average Bonchev–Trinajstić information content (AvgIpc) is 2.63. The number of esters is 1. The van der Waals surface area contributed by atoms with Gasteiger partial charge in [-0.15, -0.1) is 0 Å². The molecule has 0 aliphatic heterocycles. The minimum atomic E-state index is -0.320. The van der Waals surface area contributed by atoms with Crippen LogP contribution in [-0.4, -0.2) is 22.0 Å². The highest BCUT2D eigenvalue weighted by molar-refractivity contribution is 5.94. The van der Waals surface area contributed by atoms with Crippen LogP contribution in [0.15, 0.2) is 48.9 Å². The molecule has 5 heteroatoms. The molecule has 0 bridgehead atoms. The lowest BCUT2D eigenvalue weighted by Crippen LogP contribution is -2.20. The first-order valence-corrected chi connectivity index (χ1v) is 8.73. The van der Waals surface area contributed by atoms with Crippen LogP contribution in [0.4, 0.5) is 5.82 Å². The van der Waals surface area contributed by atoms with E-state index in [0.717, 1.165) is 36.8 Å². The Bertz CT molecular complexity index is 720. The summed E-state index contributed by atoms with van der Waals surface area (Å²) in [6.45, 7) is 2.03. The Morgan fingerprint density at radius 2 is 1.92 bits per heavy atom. The highest BCUT2D eigenvalue weighted by Gasteiger charge is 2.17. The first-order valence-electron chi connectivity index (χ1n) is 8.73. The number of hydrogen-bond acceptors (Lipinski definition) is 5. The lowest BCUT2D eigenvalue weighted by molar-refractivity contribution is -0.144. The van der Waals surface area contributed by atoms with Gasteiger partial charge in [-0.3, -0.25) is 4.98 Å². The second-order valence-electron chi connectivity index (χ2n) is 6.34. The predicted octanol–water partition coefficient (Wildman–Crippen LogP) is 4.11. The van der Waals surface area contributed by atoms with Crippen molar-refractivity contribution in [3.05, 3.63) is 60.1 Å². The van der Waals surface area contributed by atoms with Crippen LogP contribution in [0.1, 0.15) is 43.2 Å². The second-order valence-corrected chi connectivity index (χ2v) is 6.34. The molecular formula is C20H23N3O2. The summed E-state index contributed by atoms with van der Waals surface area (Å²) in [6.07, 6.45) is 11.8. The standard InChI is InChI=1S/C20H23N3O2/c1-15-7-9-16(10-8-15)18(23-19-14-21-11-12-22-19)13-20(24)25-17-5-3-2-4-6-17/h7-14,17H,2-6H2,1H3,(H,22,23)/b18-13-. The highest BCUT2D eigenvalue weighted by Crippen LogP contribution is 2.22. The number of hydrogen-bond donors (Lipinski definition) is 1. The number of rotatable bonds is 5. The monoisotopic (exact) mass is 337 g/mol. The molecule has 1 aliphatic rings. The van der Waals surface area contributed by atoms with Crippen LogP contribution in [0.25, 0.3) is 5.70 Å². The molecule has 0 spiro atoms. The number of carbonyl (C=O) groups excluding carboxylic acids is 1. The van der Waals surface area contributed by atoms with Crippen LogP contribution in [0.5, 0.6) is 0 Å². The number of nitrogens with zero attached hydrogens (tertiary/aromatic N) is 2. The van der Waals surface area contributed by atoms with E-state index in [0.29, 0.717) is 11.5 Å². The van der Waals surface area contributed by atoms with Crippen molar-refractivity contribution >= 4 is 17.5 Å². The molecule has 0 saturated heterocycles. The van der Waals surface area contributed by atoms with Crippen molar-refractivity contribution in [1.82, 2.24) is 9.97 Å². The fraction of sp³-hybridized carbons (Fsp3) is 0.350.